The number of phosphoric ester groups is 2. The molecule has 94 heavy (non-hydrogen) atoms. The Hall–Kier alpha value is -4.54. The van der Waals surface area contributed by atoms with E-state index in [0.717, 1.165) is 103 Å². The molecule has 0 aromatic carbocycles. The van der Waals surface area contributed by atoms with Crippen molar-refractivity contribution < 1.29 is 80.2 Å². The highest BCUT2D eigenvalue weighted by Gasteiger charge is 2.30. The number of rotatable bonds is 66. The number of allylic oxidation sites excluding steroid dienone is 18. The molecule has 0 radical (unpaired) electrons. The number of phosphoric acid groups is 2. The summed E-state index contributed by atoms with van der Waals surface area (Å²) in [6.07, 6.45) is 71.3. The molecule has 0 aliphatic carbocycles. The van der Waals surface area contributed by atoms with Crippen LogP contribution in [0.15, 0.2) is 122 Å². The summed E-state index contributed by atoms with van der Waals surface area (Å²) in [6.45, 7) is 4.39. The van der Waals surface area contributed by atoms with E-state index in [4.69, 9.17) is 37.0 Å². The van der Waals surface area contributed by atoms with E-state index in [0.29, 0.717) is 25.7 Å². The van der Waals surface area contributed by atoms with E-state index >= 15 is 0 Å². The fourth-order valence-electron chi connectivity index (χ4n) is 9.13. The summed E-state index contributed by atoms with van der Waals surface area (Å²) in [5.74, 6) is -2.47. The van der Waals surface area contributed by atoms with E-state index in [1.165, 1.54) is 89.9 Å². The highest BCUT2D eigenvalue weighted by Crippen LogP contribution is 2.45. The summed E-state index contributed by atoms with van der Waals surface area (Å²) >= 11 is 0. The van der Waals surface area contributed by atoms with Crippen molar-refractivity contribution in [1.29, 1.82) is 0 Å². The molecule has 0 amide bonds. The largest absolute Gasteiger partial charge is 0.472 e. The van der Waals surface area contributed by atoms with Gasteiger partial charge in [0.1, 0.15) is 19.3 Å². The summed E-state index contributed by atoms with van der Waals surface area (Å²) in [6, 6.07) is 0. The third-order valence-corrected chi connectivity index (χ3v) is 16.4. The van der Waals surface area contributed by atoms with Gasteiger partial charge >= 0.3 is 39.5 Å². The average molecular weight is 1360 g/mol. The maximum atomic E-state index is 13.0. The zero-order chi connectivity index (χ0) is 69.0. The first-order valence-corrected chi connectivity index (χ1v) is 38.8. The van der Waals surface area contributed by atoms with Crippen molar-refractivity contribution in [3.05, 3.63) is 122 Å². The highest BCUT2D eigenvalue weighted by atomic mass is 31.2. The monoisotopic (exact) mass is 1360 g/mol. The normalized spacial score (nSPS) is 14.8. The van der Waals surface area contributed by atoms with Gasteiger partial charge in [-0.15, -0.1) is 0 Å². The van der Waals surface area contributed by atoms with Crippen molar-refractivity contribution in [3.63, 3.8) is 0 Å². The van der Waals surface area contributed by atoms with E-state index in [1.54, 1.807) is 12.2 Å². The lowest BCUT2D eigenvalue weighted by Gasteiger charge is -2.21. The number of hydrogen-bond donors (Lipinski definition) is 3. The SMILES string of the molecule is CC/C=C\C/C=C\C/C=C\C/C=C\C/C=C\CC(=O)OCC(COP(=O)(O)OCC(O)COP(=O)(O)OCC(COC(=O)C/C=C\C/C=C\C/C=C\C/C=C\C/C=C\CC)OC(=O)CCCCCCCCCCCCCCC)OC(=O)CCCCCCCCCCCCC. The molecule has 5 atom stereocenters. The molecular formula is C75H126O17P2. The number of unbranched alkanes of at least 4 members (excludes halogenated alkanes) is 22. The molecule has 0 aromatic rings. The van der Waals surface area contributed by atoms with E-state index in [1.807, 2.05) is 36.5 Å². The Labute approximate surface area is 568 Å². The lowest BCUT2D eigenvalue weighted by molar-refractivity contribution is -0.161. The van der Waals surface area contributed by atoms with Gasteiger partial charge in [-0.3, -0.25) is 37.3 Å². The number of carbonyl (C=O) groups is 4. The Bertz CT molecular complexity index is 2270. The van der Waals surface area contributed by atoms with E-state index in [-0.39, 0.29) is 25.7 Å². The molecule has 0 fully saturated rings. The second kappa shape index (κ2) is 67.0. The minimum Gasteiger partial charge on any atom is -0.461 e. The molecule has 17 nitrogen and oxygen atoms in total. The van der Waals surface area contributed by atoms with E-state index in [2.05, 4.69) is 101 Å². The van der Waals surface area contributed by atoms with Crippen LogP contribution in [0.4, 0.5) is 0 Å². The van der Waals surface area contributed by atoms with Gasteiger partial charge in [0, 0.05) is 12.8 Å². The fraction of sp³-hybridized carbons (Fsp3) is 0.680. The van der Waals surface area contributed by atoms with Crippen molar-refractivity contribution in [1.82, 2.24) is 0 Å². The van der Waals surface area contributed by atoms with Gasteiger partial charge in [0.25, 0.3) is 0 Å². The van der Waals surface area contributed by atoms with Crippen LogP contribution in [0, 0.1) is 0 Å². The third kappa shape index (κ3) is 66.1. The van der Waals surface area contributed by atoms with Crippen LogP contribution in [0.3, 0.4) is 0 Å². The van der Waals surface area contributed by atoms with Gasteiger partial charge in [0.15, 0.2) is 12.2 Å². The maximum Gasteiger partial charge on any atom is 0.472 e. The number of ether oxygens (including phenoxy) is 4. The molecule has 0 saturated carbocycles. The number of aliphatic hydroxyl groups excluding tert-OH is 1. The van der Waals surface area contributed by atoms with Gasteiger partial charge in [-0.1, -0.05) is 290 Å². The first-order valence-electron chi connectivity index (χ1n) is 35.8. The van der Waals surface area contributed by atoms with Crippen LogP contribution in [0.1, 0.15) is 272 Å². The molecule has 5 unspecified atom stereocenters. The summed E-state index contributed by atoms with van der Waals surface area (Å²) in [7, 11) is -9.98. The first kappa shape index (κ1) is 89.5. The lowest BCUT2D eigenvalue weighted by atomic mass is 10.0. The molecule has 0 bridgehead atoms. The molecule has 538 valence electrons. The van der Waals surface area contributed by atoms with Crippen molar-refractivity contribution in [2.24, 2.45) is 0 Å². The van der Waals surface area contributed by atoms with Gasteiger partial charge in [0.2, 0.25) is 0 Å². The molecule has 0 spiro atoms. The first-order chi connectivity index (χ1) is 45.7. The fourth-order valence-corrected chi connectivity index (χ4v) is 10.7. The summed E-state index contributed by atoms with van der Waals surface area (Å²) in [5, 5.41) is 10.6. The number of hydrogen-bond acceptors (Lipinski definition) is 15. The molecule has 3 N–H and O–H groups in total. The minimum absolute atomic E-state index is 0.0721. The molecule has 0 saturated heterocycles. The quantitative estimate of drug-likeness (QED) is 0.0169. The van der Waals surface area contributed by atoms with Gasteiger partial charge in [-0.25, -0.2) is 9.13 Å². The van der Waals surface area contributed by atoms with Crippen molar-refractivity contribution in [2.75, 3.05) is 39.6 Å². The van der Waals surface area contributed by atoms with Crippen molar-refractivity contribution >= 4 is 39.5 Å². The van der Waals surface area contributed by atoms with E-state index in [9.17, 15) is 43.2 Å². The predicted molar refractivity (Wildman–Crippen MR) is 381 cm³/mol. The number of esters is 4. The van der Waals surface area contributed by atoms with Crippen LogP contribution >= 0.6 is 15.6 Å². The standard InChI is InChI=1S/C75H126O17P2/c1-5-9-13-17-21-25-29-32-34-37-40-43-47-51-55-59-72(77)85-65-70(91-74(79)61-57-53-49-45-39-28-24-20-16-12-8-4)67-89-93(81,82)87-63-69(76)64-88-94(83,84)90-68-71(92-75(80)62-58-54-50-46-42-36-31-27-23-19-15-11-7-3)66-86-73(78)60-56-52-48-44-41-38-35-33-30-26-22-18-14-10-6-2/h9-10,13-14,21-22,25-26,32-35,40-41,43-44,51-52,55-56,69-71,76H,5-8,11-12,15-20,23-24,27-31,36-39,42,45-50,53-54,57-68H2,1-4H3,(H,81,82)(H,83,84)/b13-9-,14-10-,25-21-,26-22-,34-32-,35-33-,43-40-,44-41-,55-51-,56-52-. The van der Waals surface area contributed by atoms with Crippen LogP contribution in [-0.4, -0.2) is 96.7 Å². The van der Waals surface area contributed by atoms with Crippen LogP contribution < -0.4 is 0 Å². The molecule has 19 heteroatoms. The third-order valence-electron chi connectivity index (χ3n) is 14.5. The Morgan fingerprint density at radius 3 is 0.809 bits per heavy atom. The Balaban J connectivity index is 5.45. The Morgan fingerprint density at radius 2 is 0.543 bits per heavy atom. The van der Waals surface area contributed by atoms with Crippen molar-refractivity contribution in [2.45, 2.75) is 290 Å². The van der Waals surface area contributed by atoms with Gasteiger partial charge in [-0.05, 0) is 77.0 Å². The van der Waals surface area contributed by atoms with Crippen LogP contribution in [-0.2, 0) is 65.4 Å². The summed E-state index contributed by atoms with van der Waals surface area (Å²) < 4.78 is 68.0. The smallest absolute Gasteiger partial charge is 0.461 e. The zero-order valence-electron chi connectivity index (χ0n) is 58.3. The van der Waals surface area contributed by atoms with Crippen LogP contribution in [0.25, 0.3) is 0 Å². The van der Waals surface area contributed by atoms with Gasteiger partial charge in [-0.2, -0.15) is 0 Å². The summed E-state index contributed by atoms with van der Waals surface area (Å²) in [5.41, 5.74) is 0. The average Bonchev–Trinajstić information content (AvgIpc) is 1.35. The minimum atomic E-state index is -4.99. The van der Waals surface area contributed by atoms with Crippen LogP contribution in [0.2, 0.25) is 0 Å². The Kier molecular flexibility index (Phi) is 63.8. The van der Waals surface area contributed by atoms with Crippen LogP contribution in [0.5, 0.6) is 0 Å². The highest BCUT2D eigenvalue weighted by molar-refractivity contribution is 7.47. The Morgan fingerprint density at radius 1 is 0.309 bits per heavy atom. The van der Waals surface area contributed by atoms with Crippen molar-refractivity contribution in [3.8, 4) is 0 Å². The molecule has 0 heterocycles. The van der Waals surface area contributed by atoms with E-state index < -0.39 is 97.5 Å². The van der Waals surface area contributed by atoms with Gasteiger partial charge < -0.3 is 33.8 Å². The molecule has 0 aliphatic rings. The maximum absolute atomic E-state index is 13.0. The molecule has 0 aliphatic heterocycles. The molecule has 0 aromatic heterocycles. The topological polar surface area (TPSA) is 237 Å². The lowest BCUT2D eigenvalue weighted by Crippen LogP contribution is -2.30. The van der Waals surface area contributed by atoms with Gasteiger partial charge in [0.05, 0.1) is 39.3 Å². The molecule has 0 rings (SSSR count). The number of aliphatic hydroxyl groups is 1. The second-order valence-electron chi connectivity index (χ2n) is 23.5. The predicted octanol–water partition coefficient (Wildman–Crippen LogP) is 20.0. The summed E-state index contributed by atoms with van der Waals surface area (Å²) in [4.78, 5) is 72.5. The molecular weight excluding hydrogens is 1230 g/mol. The second-order valence-corrected chi connectivity index (χ2v) is 26.4. The number of carbonyl (C=O) groups excluding carboxylic acids is 4. The zero-order valence-corrected chi connectivity index (χ0v) is 60.1.